The zero-order chi connectivity index (χ0) is 20.9. The Bertz CT molecular complexity index is 940. The first-order chi connectivity index (χ1) is 14.6. The Morgan fingerprint density at radius 3 is 2.70 bits per heavy atom. The third-order valence-electron chi connectivity index (χ3n) is 4.84. The zero-order valence-electron chi connectivity index (χ0n) is 16.7. The minimum Gasteiger partial charge on any atom is -0.493 e. The molecule has 1 N–H and O–H groups in total. The van der Waals surface area contributed by atoms with E-state index in [0.717, 1.165) is 5.56 Å². The summed E-state index contributed by atoms with van der Waals surface area (Å²) in [6.45, 7) is 3.35. The van der Waals surface area contributed by atoms with Crippen LogP contribution in [0.4, 0.5) is 15.8 Å². The van der Waals surface area contributed by atoms with Gasteiger partial charge in [-0.15, -0.1) is 0 Å². The molecular weight excluding hydrogens is 391 g/mol. The number of hydrogen-bond acceptors (Lipinski definition) is 6. The third kappa shape index (κ3) is 4.49. The number of halogens is 1. The predicted octanol–water partition coefficient (Wildman–Crippen LogP) is 3.09. The Balaban J connectivity index is 1.43. The number of fused-ring (bicyclic) bond motifs is 1. The van der Waals surface area contributed by atoms with E-state index in [1.54, 1.807) is 37.5 Å². The van der Waals surface area contributed by atoms with Crippen LogP contribution in [0.3, 0.4) is 0 Å². The number of nitrogens with one attached hydrogen (secondary N) is 1. The van der Waals surface area contributed by atoms with Crippen LogP contribution >= 0.6 is 0 Å². The maximum absolute atomic E-state index is 14.5. The van der Waals surface area contributed by atoms with Crippen molar-refractivity contribution in [2.24, 2.45) is 0 Å². The number of ether oxygens (including phenoxy) is 4. The van der Waals surface area contributed by atoms with E-state index in [4.69, 9.17) is 18.9 Å². The first-order valence-electron chi connectivity index (χ1n) is 9.73. The molecule has 0 radical (unpaired) electrons. The van der Waals surface area contributed by atoms with Crippen LogP contribution in [0, 0.1) is 5.82 Å². The molecule has 0 aromatic heterocycles. The van der Waals surface area contributed by atoms with Crippen molar-refractivity contribution in [3.63, 3.8) is 0 Å². The normalized spacial score (nSPS) is 15.9. The van der Waals surface area contributed by atoms with Crippen LogP contribution in [0.5, 0.6) is 17.2 Å². The number of carbonyl (C=O) groups excluding carboxylic acids is 1. The fourth-order valence-corrected chi connectivity index (χ4v) is 3.39. The molecule has 1 fully saturated rings. The van der Waals surface area contributed by atoms with Gasteiger partial charge in [0.1, 0.15) is 19.0 Å². The van der Waals surface area contributed by atoms with Crippen molar-refractivity contribution in [1.82, 2.24) is 0 Å². The Morgan fingerprint density at radius 2 is 1.93 bits per heavy atom. The highest BCUT2D eigenvalue weighted by Gasteiger charge is 2.18. The molecule has 2 aliphatic heterocycles. The van der Waals surface area contributed by atoms with E-state index in [1.807, 2.05) is 4.90 Å². The number of hydrogen-bond donors (Lipinski definition) is 1. The second kappa shape index (κ2) is 9.04. The first-order valence-corrected chi connectivity index (χ1v) is 9.73. The van der Waals surface area contributed by atoms with Crippen molar-refractivity contribution >= 4 is 23.4 Å². The SMILES string of the molecule is COc1cc(/C=C/C(=O)Nc2ccc(N3CCOCC3)c(F)c2)cc2c1OCCO2. The highest BCUT2D eigenvalue weighted by Crippen LogP contribution is 2.40. The fraction of sp³-hybridized carbons (Fsp3) is 0.318. The van der Waals surface area contributed by atoms with Crippen LogP contribution in [0.2, 0.25) is 0 Å². The van der Waals surface area contributed by atoms with E-state index in [0.29, 0.717) is 68.1 Å². The summed E-state index contributed by atoms with van der Waals surface area (Å²) in [6.07, 6.45) is 3.01. The van der Waals surface area contributed by atoms with Gasteiger partial charge in [-0.2, -0.15) is 0 Å². The standard InChI is InChI=1S/C22H23FN2O5/c1-27-19-12-15(13-20-22(19)30-11-10-29-20)2-5-21(26)24-16-3-4-18(17(23)14-16)25-6-8-28-9-7-25/h2-5,12-14H,6-11H2,1H3,(H,24,26)/b5-2+. The van der Waals surface area contributed by atoms with Crippen LogP contribution in [-0.4, -0.2) is 52.5 Å². The highest BCUT2D eigenvalue weighted by molar-refractivity contribution is 6.02. The lowest BCUT2D eigenvalue weighted by Gasteiger charge is -2.29. The lowest BCUT2D eigenvalue weighted by atomic mass is 10.1. The zero-order valence-corrected chi connectivity index (χ0v) is 16.7. The molecule has 0 spiro atoms. The molecule has 158 valence electrons. The average Bonchev–Trinajstić information content (AvgIpc) is 2.78. The molecule has 0 saturated carbocycles. The fourth-order valence-electron chi connectivity index (χ4n) is 3.39. The van der Waals surface area contributed by atoms with Gasteiger partial charge in [-0.3, -0.25) is 4.79 Å². The Morgan fingerprint density at radius 1 is 1.13 bits per heavy atom. The van der Waals surface area contributed by atoms with Gasteiger partial charge in [0.05, 0.1) is 26.0 Å². The average molecular weight is 414 g/mol. The van der Waals surface area contributed by atoms with Crippen molar-refractivity contribution in [1.29, 1.82) is 0 Å². The monoisotopic (exact) mass is 414 g/mol. The minimum absolute atomic E-state index is 0.373. The highest BCUT2D eigenvalue weighted by atomic mass is 19.1. The molecule has 2 aliphatic rings. The van der Waals surface area contributed by atoms with Crippen molar-refractivity contribution < 1.29 is 28.1 Å². The largest absolute Gasteiger partial charge is 0.493 e. The number of amides is 1. The van der Waals surface area contributed by atoms with E-state index in [2.05, 4.69) is 5.32 Å². The first kappa shape index (κ1) is 20.0. The molecule has 7 nitrogen and oxygen atoms in total. The molecular formula is C22H23FN2O5. The van der Waals surface area contributed by atoms with Crippen LogP contribution in [0.1, 0.15) is 5.56 Å². The molecule has 8 heteroatoms. The van der Waals surface area contributed by atoms with Crippen LogP contribution in [-0.2, 0) is 9.53 Å². The predicted molar refractivity (Wildman–Crippen MR) is 111 cm³/mol. The van der Waals surface area contributed by atoms with Gasteiger partial charge in [0.2, 0.25) is 11.7 Å². The molecule has 30 heavy (non-hydrogen) atoms. The summed E-state index contributed by atoms with van der Waals surface area (Å²) in [4.78, 5) is 14.2. The van der Waals surface area contributed by atoms with Crippen molar-refractivity contribution in [2.45, 2.75) is 0 Å². The molecule has 0 atom stereocenters. The van der Waals surface area contributed by atoms with E-state index in [-0.39, 0.29) is 11.7 Å². The molecule has 1 saturated heterocycles. The quantitative estimate of drug-likeness (QED) is 0.759. The third-order valence-corrected chi connectivity index (χ3v) is 4.84. The van der Waals surface area contributed by atoms with Gasteiger partial charge in [-0.25, -0.2) is 4.39 Å². The summed E-state index contributed by atoms with van der Waals surface area (Å²) in [5.41, 5.74) is 1.62. The molecule has 0 unspecified atom stereocenters. The second-order valence-electron chi connectivity index (χ2n) is 6.84. The maximum Gasteiger partial charge on any atom is 0.248 e. The Hall–Kier alpha value is -3.26. The number of anilines is 2. The number of methoxy groups -OCH3 is 1. The summed E-state index contributed by atoms with van der Waals surface area (Å²) in [7, 11) is 1.54. The molecule has 0 aliphatic carbocycles. The topological polar surface area (TPSA) is 69.3 Å². The molecule has 2 heterocycles. The van der Waals surface area contributed by atoms with E-state index < -0.39 is 0 Å². The Kier molecular flexibility index (Phi) is 6.04. The van der Waals surface area contributed by atoms with Crippen molar-refractivity contribution in [3.05, 3.63) is 47.8 Å². The van der Waals surface area contributed by atoms with E-state index in [9.17, 15) is 9.18 Å². The summed E-state index contributed by atoms with van der Waals surface area (Å²) in [5, 5.41) is 2.68. The van der Waals surface area contributed by atoms with Gasteiger partial charge in [0, 0.05) is 24.9 Å². The van der Waals surface area contributed by atoms with E-state index >= 15 is 0 Å². The minimum atomic E-state index is -0.379. The van der Waals surface area contributed by atoms with E-state index in [1.165, 1.54) is 12.1 Å². The molecule has 0 bridgehead atoms. The summed E-state index contributed by atoms with van der Waals surface area (Å²) in [5.74, 6) is 0.910. The smallest absolute Gasteiger partial charge is 0.248 e. The van der Waals surface area contributed by atoms with Gasteiger partial charge in [0.15, 0.2) is 11.5 Å². The van der Waals surface area contributed by atoms with Crippen LogP contribution < -0.4 is 24.4 Å². The lowest BCUT2D eigenvalue weighted by Crippen LogP contribution is -2.36. The summed E-state index contributed by atoms with van der Waals surface area (Å²) in [6, 6.07) is 8.22. The summed E-state index contributed by atoms with van der Waals surface area (Å²) < 4.78 is 36.3. The second-order valence-corrected chi connectivity index (χ2v) is 6.84. The number of rotatable bonds is 5. The van der Waals surface area contributed by atoms with Gasteiger partial charge in [-0.05, 0) is 42.0 Å². The van der Waals surface area contributed by atoms with Gasteiger partial charge < -0.3 is 29.2 Å². The number of morpholine rings is 1. The van der Waals surface area contributed by atoms with Crippen LogP contribution in [0.15, 0.2) is 36.4 Å². The van der Waals surface area contributed by atoms with Gasteiger partial charge in [-0.1, -0.05) is 0 Å². The van der Waals surface area contributed by atoms with Crippen molar-refractivity contribution in [2.75, 3.05) is 56.8 Å². The molecule has 1 amide bonds. The molecule has 2 aromatic carbocycles. The summed E-state index contributed by atoms with van der Waals surface area (Å²) >= 11 is 0. The lowest BCUT2D eigenvalue weighted by molar-refractivity contribution is -0.111. The number of nitrogens with zero attached hydrogens (tertiary/aromatic N) is 1. The number of carbonyl (C=O) groups is 1. The molecule has 2 aromatic rings. The number of benzene rings is 2. The van der Waals surface area contributed by atoms with Crippen LogP contribution in [0.25, 0.3) is 6.08 Å². The maximum atomic E-state index is 14.5. The Labute approximate surface area is 174 Å². The van der Waals surface area contributed by atoms with Gasteiger partial charge >= 0.3 is 0 Å². The molecule has 4 rings (SSSR count). The van der Waals surface area contributed by atoms with Gasteiger partial charge in [0.25, 0.3) is 0 Å². The van der Waals surface area contributed by atoms with Crippen molar-refractivity contribution in [3.8, 4) is 17.2 Å².